The Hall–Kier alpha value is -3.72. The molecule has 4 unspecified atom stereocenters. The minimum Gasteiger partial charge on any atom is -0.480 e. The largest absolute Gasteiger partial charge is 0.480 e. The fraction of sp³-hybridized carbons (Fsp3) is 0.333. The van der Waals surface area contributed by atoms with E-state index in [9.17, 15) is 19.5 Å². The lowest BCUT2D eigenvalue weighted by atomic mass is 9.77. The monoisotopic (exact) mass is 449 g/mol. The van der Waals surface area contributed by atoms with E-state index in [1.807, 2.05) is 60.7 Å². The third-order valence-electron chi connectivity index (χ3n) is 6.49. The van der Waals surface area contributed by atoms with Crippen LogP contribution in [-0.2, 0) is 20.9 Å². The van der Waals surface area contributed by atoms with E-state index in [0.717, 1.165) is 11.1 Å². The molecule has 2 amide bonds. The Kier molecular flexibility index (Phi) is 6.15. The molecule has 2 heterocycles. The molecule has 2 saturated heterocycles. The Balaban J connectivity index is 1.72. The lowest BCUT2D eigenvalue weighted by Crippen LogP contribution is -2.55. The van der Waals surface area contributed by atoms with Gasteiger partial charge in [-0.15, -0.1) is 0 Å². The molecule has 0 aromatic heterocycles. The first kappa shape index (κ1) is 22.5. The predicted octanol–water partition coefficient (Wildman–Crippen LogP) is 1.01. The first-order chi connectivity index (χ1) is 15.8. The third kappa shape index (κ3) is 4.07. The van der Waals surface area contributed by atoms with Gasteiger partial charge in [0, 0.05) is 12.6 Å². The second kappa shape index (κ2) is 9.03. The molecule has 2 aromatic carbocycles. The van der Waals surface area contributed by atoms with Gasteiger partial charge in [0.1, 0.15) is 5.54 Å². The van der Waals surface area contributed by atoms with E-state index < -0.39 is 35.3 Å². The zero-order valence-corrected chi connectivity index (χ0v) is 18.1. The van der Waals surface area contributed by atoms with Gasteiger partial charge < -0.3 is 16.6 Å². The number of nitrogens with zero attached hydrogens (tertiary/aromatic N) is 2. The van der Waals surface area contributed by atoms with Gasteiger partial charge in [-0.1, -0.05) is 60.7 Å². The molecule has 2 aliphatic rings. The smallest absolute Gasteiger partial charge is 0.324 e. The van der Waals surface area contributed by atoms with Crippen LogP contribution in [0.15, 0.2) is 65.7 Å². The van der Waals surface area contributed by atoms with Crippen molar-refractivity contribution in [3.63, 3.8) is 0 Å². The average molecular weight is 450 g/mol. The molecule has 33 heavy (non-hydrogen) atoms. The SMILES string of the molecule is NC(N)=NCCCC1(C(=O)O)NC(c2ccccc2)C2C(=O)N(Cc3ccccc3)C(=O)C21. The van der Waals surface area contributed by atoms with Crippen LogP contribution in [0.4, 0.5) is 0 Å². The number of nitrogens with one attached hydrogen (secondary N) is 1. The molecule has 2 aromatic rings. The number of carboxylic acid groups (broad SMARTS) is 1. The number of hydrogen-bond donors (Lipinski definition) is 4. The lowest BCUT2D eigenvalue weighted by molar-refractivity contribution is -0.152. The number of carboxylic acids is 1. The number of nitrogens with two attached hydrogens (primary N) is 2. The Morgan fingerprint density at radius 3 is 2.27 bits per heavy atom. The van der Waals surface area contributed by atoms with Gasteiger partial charge >= 0.3 is 5.97 Å². The van der Waals surface area contributed by atoms with E-state index in [0.29, 0.717) is 6.42 Å². The second-order valence-electron chi connectivity index (χ2n) is 8.47. The van der Waals surface area contributed by atoms with Crippen molar-refractivity contribution in [1.82, 2.24) is 10.2 Å². The molecule has 6 N–H and O–H groups in total. The Morgan fingerprint density at radius 1 is 1.03 bits per heavy atom. The van der Waals surface area contributed by atoms with E-state index in [-0.39, 0.29) is 31.4 Å². The zero-order chi connectivity index (χ0) is 23.6. The Morgan fingerprint density at radius 2 is 1.67 bits per heavy atom. The maximum atomic E-state index is 13.6. The summed E-state index contributed by atoms with van der Waals surface area (Å²) >= 11 is 0. The summed E-state index contributed by atoms with van der Waals surface area (Å²) in [6.45, 7) is 0.332. The summed E-state index contributed by atoms with van der Waals surface area (Å²) < 4.78 is 0. The van der Waals surface area contributed by atoms with Crippen LogP contribution in [0.3, 0.4) is 0 Å². The number of hydrogen-bond acceptors (Lipinski definition) is 5. The van der Waals surface area contributed by atoms with E-state index in [1.54, 1.807) is 0 Å². The summed E-state index contributed by atoms with van der Waals surface area (Å²) in [7, 11) is 0. The van der Waals surface area contributed by atoms with Crippen molar-refractivity contribution in [2.75, 3.05) is 6.54 Å². The molecule has 0 radical (unpaired) electrons. The average Bonchev–Trinajstić information content (AvgIpc) is 3.28. The van der Waals surface area contributed by atoms with Gasteiger partial charge in [0.2, 0.25) is 11.8 Å². The van der Waals surface area contributed by atoms with Gasteiger partial charge in [-0.2, -0.15) is 0 Å². The summed E-state index contributed by atoms with van der Waals surface area (Å²) in [4.78, 5) is 44.9. The minimum absolute atomic E-state index is 0.0834. The summed E-state index contributed by atoms with van der Waals surface area (Å²) in [6.07, 6.45) is 0.434. The molecular weight excluding hydrogens is 422 g/mol. The highest BCUT2D eigenvalue weighted by Crippen LogP contribution is 2.50. The van der Waals surface area contributed by atoms with Crippen LogP contribution in [-0.4, -0.2) is 45.8 Å². The van der Waals surface area contributed by atoms with Crippen molar-refractivity contribution in [3.05, 3.63) is 71.8 Å². The van der Waals surface area contributed by atoms with Crippen LogP contribution in [0.25, 0.3) is 0 Å². The van der Waals surface area contributed by atoms with E-state index in [4.69, 9.17) is 11.5 Å². The highest BCUT2D eigenvalue weighted by Gasteiger charge is 2.68. The molecule has 172 valence electrons. The number of likely N-dealkylation sites (tertiary alicyclic amines) is 1. The summed E-state index contributed by atoms with van der Waals surface area (Å²) in [5, 5.41) is 13.5. The fourth-order valence-electron chi connectivity index (χ4n) is 5.03. The number of rotatable bonds is 8. The van der Waals surface area contributed by atoms with E-state index in [2.05, 4.69) is 10.3 Å². The molecule has 2 fully saturated rings. The van der Waals surface area contributed by atoms with Crippen LogP contribution in [0.5, 0.6) is 0 Å². The second-order valence-corrected chi connectivity index (χ2v) is 8.47. The molecule has 2 aliphatic heterocycles. The number of imide groups is 1. The topological polar surface area (TPSA) is 151 Å². The number of amides is 2. The van der Waals surface area contributed by atoms with Crippen molar-refractivity contribution in [2.24, 2.45) is 28.3 Å². The van der Waals surface area contributed by atoms with Crippen molar-refractivity contribution >= 4 is 23.7 Å². The van der Waals surface area contributed by atoms with Gasteiger partial charge in [0.15, 0.2) is 5.96 Å². The van der Waals surface area contributed by atoms with Crippen molar-refractivity contribution in [1.29, 1.82) is 0 Å². The maximum Gasteiger partial charge on any atom is 0.324 e. The molecule has 4 atom stereocenters. The molecule has 4 rings (SSSR count). The summed E-state index contributed by atoms with van der Waals surface area (Å²) in [6, 6.07) is 17.8. The number of carbonyl (C=O) groups excluding carboxylic acids is 2. The molecule has 0 spiro atoms. The molecule has 0 saturated carbocycles. The number of guanidine groups is 1. The van der Waals surface area contributed by atoms with Crippen molar-refractivity contribution < 1.29 is 19.5 Å². The fourth-order valence-corrected chi connectivity index (χ4v) is 5.03. The van der Waals surface area contributed by atoms with Gasteiger partial charge in [0.25, 0.3) is 0 Å². The number of aliphatic imine (C=N–C) groups is 1. The van der Waals surface area contributed by atoms with E-state index in [1.165, 1.54) is 4.90 Å². The number of aliphatic carboxylic acids is 1. The highest BCUT2D eigenvalue weighted by molar-refractivity contribution is 6.09. The molecule has 9 nitrogen and oxygen atoms in total. The van der Waals surface area contributed by atoms with Gasteiger partial charge in [-0.3, -0.25) is 29.6 Å². The van der Waals surface area contributed by atoms with Crippen molar-refractivity contribution in [2.45, 2.75) is 31.0 Å². The van der Waals surface area contributed by atoms with Crippen LogP contribution in [0.1, 0.15) is 30.0 Å². The number of benzene rings is 2. The Bertz CT molecular complexity index is 1070. The van der Waals surface area contributed by atoms with Crippen LogP contribution in [0, 0.1) is 11.8 Å². The standard InChI is InChI=1S/C24H27N5O4/c25-23(26)27-13-7-12-24(22(32)33)18-17(19(28-24)16-10-5-2-6-11-16)20(30)29(21(18)31)14-15-8-3-1-4-9-15/h1-6,8-11,17-19,28H,7,12-14H2,(H,32,33)(H4,25,26,27). The Labute approximate surface area is 191 Å². The summed E-state index contributed by atoms with van der Waals surface area (Å²) in [5.74, 6) is -3.92. The van der Waals surface area contributed by atoms with E-state index >= 15 is 0 Å². The minimum atomic E-state index is -1.61. The third-order valence-corrected chi connectivity index (χ3v) is 6.49. The highest BCUT2D eigenvalue weighted by atomic mass is 16.4. The first-order valence-corrected chi connectivity index (χ1v) is 10.9. The quantitative estimate of drug-likeness (QED) is 0.203. The summed E-state index contributed by atoms with van der Waals surface area (Å²) in [5.41, 5.74) is 10.7. The number of fused-ring (bicyclic) bond motifs is 1. The first-order valence-electron chi connectivity index (χ1n) is 10.9. The lowest BCUT2D eigenvalue weighted by Gasteiger charge is -2.31. The normalized spacial score (nSPS) is 26.3. The van der Waals surface area contributed by atoms with Gasteiger partial charge in [-0.25, -0.2) is 0 Å². The molecule has 0 aliphatic carbocycles. The predicted molar refractivity (Wildman–Crippen MR) is 122 cm³/mol. The van der Waals surface area contributed by atoms with Gasteiger partial charge in [-0.05, 0) is 24.0 Å². The number of carbonyl (C=O) groups is 3. The zero-order valence-electron chi connectivity index (χ0n) is 18.1. The maximum absolute atomic E-state index is 13.6. The molecular formula is C24H27N5O4. The van der Waals surface area contributed by atoms with Crippen molar-refractivity contribution in [3.8, 4) is 0 Å². The van der Waals surface area contributed by atoms with Crippen LogP contribution in [0.2, 0.25) is 0 Å². The molecule has 9 heteroatoms. The molecule has 0 bridgehead atoms. The van der Waals surface area contributed by atoms with Gasteiger partial charge in [0.05, 0.1) is 18.4 Å². The van der Waals surface area contributed by atoms with Crippen LogP contribution < -0.4 is 16.8 Å². The van der Waals surface area contributed by atoms with Crippen LogP contribution >= 0.6 is 0 Å².